The Morgan fingerprint density at radius 2 is 1.79 bits per heavy atom. The Hall–Kier alpha value is -1.77. The first-order valence-corrected chi connectivity index (χ1v) is 6.73. The Bertz CT molecular complexity index is 564. The topological polar surface area (TPSA) is 51.2 Å². The van der Waals surface area contributed by atoms with Crippen molar-refractivity contribution >= 4 is 17.3 Å². The molecule has 0 aromatic heterocycles. The summed E-state index contributed by atoms with van der Waals surface area (Å²) in [7, 11) is 0. The van der Waals surface area contributed by atoms with E-state index in [1.807, 2.05) is 12.1 Å². The van der Waals surface area contributed by atoms with E-state index in [0.717, 1.165) is 18.4 Å². The second-order valence-corrected chi connectivity index (χ2v) is 5.64. The van der Waals surface area contributed by atoms with Gasteiger partial charge in [-0.3, -0.25) is 14.4 Å². The van der Waals surface area contributed by atoms with Gasteiger partial charge < -0.3 is 0 Å². The van der Waals surface area contributed by atoms with E-state index >= 15 is 0 Å². The summed E-state index contributed by atoms with van der Waals surface area (Å²) in [6.45, 7) is 1.53. The molecule has 0 heterocycles. The fraction of sp³-hybridized carbons (Fsp3) is 0.438. The summed E-state index contributed by atoms with van der Waals surface area (Å²) in [4.78, 5) is 35.5. The minimum Gasteiger partial charge on any atom is -0.299 e. The second kappa shape index (κ2) is 4.12. The van der Waals surface area contributed by atoms with E-state index in [9.17, 15) is 14.4 Å². The molecule has 3 heteroatoms. The first kappa shape index (κ1) is 12.3. The molecule has 0 amide bonds. The molecule has 0 radical (unpaired) electrons. The van der Waals surface area contributed by atoms with Crippen molar-refractivity contribution in [1.29, 1.82) is 0 Å². The van der Waals surface area contributed by atoms with Crippen LogP contribution in [-0.4, -0.2) is 17.3 Å². The smallest absolute Gasteiger partial charge is 0.159 e. The molecule has 98 valence electrons. The highest BCUT2D eigenvalue weighted by atomic mass is 16.2. The lowest BCUT2D eigenvalue weighted by Gasteiger charge is -2.27. The zero-order valence-electron chi connectivity index (χ0n) is 10.9. The summed E-state index contributed by atoms with van der Waals surface area (Å²) >= 11 is 0. The van der Waals surface area contributed by atoms with Gasteiger partial charge in [-0.05, 0) is 31.7 Å². The largest absolute Gasteiger partial charge is 0.299 e. The van der Waals surface area contributed by atoms with E-state index < -0.39 is 5.41 Å². The van der Waals surface area contributed by atoms with E-state index in [1.54, 1.807) is 12.1 Å². The van der Waals surface area contributed by atoms with Gasteiger partial charge in [0.2, 0.25) is 0 Å². The van der Waals surface area contributed by atoms with E-state index in [4.69, 9.17) is 0 Å². The van der Waals surface area contributed by atoms with Crippen molar-refractivity contribution in [2.75, 3.05) is 0 Å². The van der Waals surface area contributed by atoms with Crippen LogP contribution < -0.4 is 0 Å². The SMILES string of the molecule is CC(=O)c1ccc(C2CCC(=O)C3(CC3)C2=O)cc1. The quantitative estimate of drug-likeness (QED) is 0.604. The van der Waals surface area contributed by atoms with Crippen molar-refractivity contribution in [1.82, 2.24) is 0 Å². The monoisotopic (exact) mass is 256 g/mol. The van der Waals surface area contributed by atoms with Crippen LogP contribution in [-0.2, 0) is 9.59 Å². The van der Waals surface area contributed by atoms with Gasteiger partial charge in [-0.25, -0.2) is 0 Å². The number of benzene rings is 1. The van der Waals surface area contributed by atoms with Crippen molar-refractivity contribution < 1.29 is 14.4 Å². The van der Waals surface area contributed by atoms with Crippen molar-refractivity contribution in [3.63, 3.8) is 0 Å². The fourth-order valence-electron chi connectivity index (χ4n) is 3.04. The normalized spacial score (nSPS) is 24.6. The van der Waals surface area contributed by atoms with Gasteiger partial charge in [-0.15, -0.1) is 0 Å². The van der Waals surface area contributed by atoms with Crippen molar-refractivity contribution in [3.05, 3.63) is 35.4 Å². The molecule has 2 saturated carbocycles. The maximum Gasteiger partial charge on any atom is 0.159 e. The van der Waals surface area contributed by atoms with Gasteiger partial charge in [0, 0.05) is 17.9 Å². The number of hydrogen-bond acceptors (Lipinski definition) is 3. The van der Waals surface area contributed by atoms with E-state index in [1.165, 1.54) is 6.92 Å². The first-order chi connectivity index (χ1) is 9.04. The summed E-state index contributed by atoms with van der Waals surface area (Å²) < 4.78 is 0. The van der Waals surface area contributed by atoms with Gasteiger partial charge >= 0.3 is 0 Å². The summed E-state index contributed by atoms with van der Waals surface area (Å²) in [5.41, 5.74) is 0.959. The Kier molecular flexibility index (Phi) is 2.66. The molecule has 3 rings (SSSR count). The minimum absolute atomic E-state index is 0.0235. The van der Waals surface area contributed by atoms with Crippen LogP contribution in [0.3, 0.4) is 0 Å². The molecule has 0 bridgehead atoms. The highest BCUT2D eigenvalue weighted by Crippen LogP contribution is 2.54. The summed E-state index contributed by atoms with van der Waals surface area (Å²) in [6.07, 6.45) is 2.57. The number of carbonyl (C=O) groups is 3. The van der Waals surface area contributed by atoms with Crippen molar-refractivity contribution in [3.8, 4) is 0 Å². The predicted molar refractivity (Wildman–Crippen MR) is 70.1 cm³/mol. The third kappa shape index (κ3) is 1.84. The second-order valence-electron chi connectivity index (χ2n) is 5.64. The lowest BCUT2D eigenvalue weighted by molar-refractivity contribution is -0.138. The lowest BCUT2D eigenvalue weighted by atomic mass is 9.74. The number of Topliss-reactive ketones (excluding diaryl/α,β-unsaturated/α-hetero) is 3. The van der Waals surface area contributed by atoms with Gasteiger partial charge in [0.1, 0.15) is 5.78 Å². The van der Waals surface area contributed by atoms with Crippen LogP contribution in [0.4, 0.5) is 0 Å². The van der Waals surface area contributed by atoms with Gasteiger partial charge in [-0.2, -0.15) is 0 Å². The van der Waals surface area contributed by atoms with Crippen molar-refractivity contribution in [2.45, 2.75) is 38.5 Å². The maximum atomic E-state index is 12.5. The first-order valence-electron chi connectivity index (χ1n) is 6.73. The lowest BCUT2D eigenvalue weighted by Crippen LogP contribution is -2.35. The number of hydrogen-bond donors (Lipinski definition) is 0. The zero-order chi connectivity index (χ0) is 13.6. The van der Waals surface area contributed by atoms with Crippen LogP contribution in [0.5, 0.6) is 0 Å². The van der Waals surface area contributed by atoms with E-state index in [2.05, 4.69) is 0 Å². The standard InChI is InChI=1S/C16H16O3/c1-10(17)11-2-4-12(5-3-11)13-6-7-14(18)16(8-9-16)15(13)19/h2-5,13H,6-9H2,1H3. The predicted octanol–water partition coefficient (Wildman–Crippen LogP) is 2.69. The Labute approximate surface area is 112 Å². The summed E-state index contributed by atoms with van der Waals surface area (Å²) in [5.74, 6) is 0.0880. The fourth-order valence-corrected chi connectivity index (χ4v) is 3.04. The van der Waals surface area contributed by atoms with Crippen LogP contribution >= 0.6 is 0 Å². The summed E-state index contributed by atoms with van der Waals surface area (Å²) in [6, 6.07) is 7.23. The molecule has 0 aliphatic heterocycles. The molecular formula is C16H16O3. The average Bonchev–Trinajstić information content (AvgIpc) is 3.19. The molecule has 1 unspecified atom stereocenters. The molecule has 1 spiro atoms. The zero-order valence-corrected chi connectivity index (χ0v) is 10.9. The Morgan fingerprint density at radius 3 is 2.32 bits per heavy atom. The van der Waals surface area contributed by atoms with Crippen LogP contribution in [0, 0.1) is 5.41 Å². The highest BCUT2D eigenvalue weighted by molar-refractivity contribution is 6.14. The molecule has 0 N–H and O–H groups in total. The molecule has 1 atom stereocenters. The maximum absolute atomic E-state index is 12.5. The van der Waals surface area contributed by atoms with Crippen molar-refractivity contribution in [2.24, 2.45) is 5.41 Å². The van der Waals surface area contributed by atoms with Gasteiger partial charge in [-0.1, -0.05) is 24.3 Å². The van der Waals surface area contributed by atoms with Crippen LogP contribution in [0.25, 0.3) is 0 Å². The molecule has 3 nitrogen and oxygen atoms in total. The van der Waals surface area contributed by atoms with E-state index in [0.29, 0.717) is 18.4 Å². The molecule has 2 aliphatic rings. The molecule has 19 heavy (non-hydrogen) atoms. The molecule has 2 aliphatic carbocycles. The molecule has 2 fully saturated rings. The average molecular weight is 256 g/mol. The van der Waals surface area contributed by atoms with Crippen LogP contribution in [0.2, 0.25) is 0 Å². The van der Waals surface area contributed by atoms with Gasteiger partial charge in [0.15, 0.2) is 11.6 Å². The number of rotatable bonds is 2. The molecule has 1 aromatic rings. The Balaban J connectivity index is 1.88. The summed E-state index contributed by atoms with van der Waals surface area (Å²) in [5, 5.41) is 0. The number of ketones is 3. The van der Waals surface area contributed by atoms with Crippen LogP contribution in [0.1, 0.15) is 54.4 Å². The number of carbonyl (C=O) groups excluding carboxylic acids is 3. The Morgan fingerprint density at radius 1 is 1.16 bits per heavy atom. The molecule has 1 aromatic carbocycles. The van der Waals surface area contributed by atoms with Gasteiger partial charge in [0.05, 0.1) is 5.41 Å². The molecule has 0 saturated heterocycles. The van der Waals surface area contributed by atoms with Gasteiger partial charge in [0.25, 0.3) is 0 Å². The van der Waals surface area contributed by atoms with Crippen LogP contribution in [0.15, 0.2) is 24.3 Å². The molecular weight excluding hydrogens is 240 g/mol. The third-order valence-electron chi connectivity index (χ3n) is 4.45. The highest BCUT2D eigenvalue weighted by Gasteiger charge is 2.59. The minimum atomic E-state index is -0.637. The van der Waals surface area contributed by atoms with E-state index in [-0.39, 0.29) is 23.3 Å². The third-order valence-corrected chi connectivity index (χ3v) is 4.45.